The molecule has 17 heavy (non-hydrogen) atoms. The van der Waals surface area contributed by atoms with Crippen LogP contribution in [0.2, 0.25) is 0 Å². The SMILES string of the molecule is CCNC(CSC)c1ccc(C2CCC2)cc1. The van der Waals surface area contributed by atoms with E-state index in [1.165, 1.54) is 24.8 Å². The molecule has 0 bridgehead atoms. The molecule has 1 saturated carbocycles. The maximum absolute atomic E-state index is 3.56. The van der Waals surface area contributed by atoms with Crippen molar-refractivity contribution in [3.05, 3.63) is 35.4 Å². The second-order valence-corrected chi connectivity index (χ2v) is 5.77. The third kappa shape index (κ3) is 3.26. The van der Waals surface area contributed by atoms with Gasteiger partial charge < -0.3 is 5.32 Å². The summed E-state index contributed by atoms with van der Waals surface area (Å²) in [5.74, 6) is 2.00. The molecule has 1 aromatic carbocycles. The molecule has 0 saturated heterocycles. The Morgan fingerprint density at radius 3 is 2.47 bits per heavy atom. The Morgan fingerprint density at radius 1 is 1.29 bits per heavy atom. The van der Waals surface area contributed by atoms with Crippen molar-refractivity contribution in [2.45, 2.75) is 38.1 Å². The van der Waals surface area contributed by atoms with Crippen molar-refractivity contribution in [1.29, 1.82) is 0 Å². The first kappa shape index (κ1) is 13.0. The summed E-state index contributed by atoms with van der Waals surface area (Å²) in [6.45, 7) is 3.21. The molecule has 0 spiro atoms. The van der Waals surface area contributed by atoms with Crippen molar-refractivity contribution in [2.24, 2.45) is 0 Å². The second-order valence-electron chi connectivity index (χ2n) is 4.86. The van der Waals surface area contributed by atoms with E-state index >= 15 is 0 Å². The molecule has 0 amide bonds. The summed E-state index contributed by atoms with van der Waals surface area (Å²) in [6, 6.07) is 9.81. The molecule has 1 aromatic rings. The van der Waals surface area contributed by atoms with Crippen LogP contribution in [0.25, 0.3) is 0 Å². The molecular formula is C15H23NS. The van der Waals surface area contributed by atoms with E-state index in [0.29, 0.717) is 6.04 Å². The molecule has 1 aliphatic carbocycles. The monoisotopic (exact) mass is 249 g/mol. The first-order valence-corrected chi connectivity index (χ1v) is 8.06. The van der Waals surface area contributed by atoms with Gasteiger partial charge in [0, 0.05) is 11.8 Å². The first-order chi connectivity index (χ1) is 8.35. The summed E-state index contributed by atoms with van der Waals surface area (Å²) in [5, 5.41) is 3.56. The highest BCUT2D eigenvalue weighted by Gasteiger charge is 2.19. The number of benzene rings is 1. The topological polar surface area (TPSA) is 12.0 Å². The molecule has 2 rings (SSSR count). The molecule has 1 fully saturated rings. The van der Waals surface area contributed by atoms with Crippen molar-refractivity contribution in [1.82, 2.24) is 5.32 Å². The summed E-state index contributed by atoms with van der Waals surface area (Å²) < 4.78 is 0. The van der Waals surface area contributed by atoms with Gasteiger partial charge in [0.25, 0.3) is 0 Å². The normalized spacial score (nSPS) is 17.8. The summed E-state index contributed by atoms with van der Waals surface area (Å²) in [7, 11) is 0. The van der Waals surface area contributed by atoms with Gasteiger partial charge in [-0.25, -0.2) is 0 Å². The van der Waals surface area contributed by atoms with Gasteiger partial charge in [0.1, 0.15) is 0 Å². The molecule has 1 atom stereocenters. The van der Waals surface area contributed by atoms with E-state index in [0.717, 1.165) is 18.2 Å². The van der Waals surface area contributed by atoms with E-state index in [-0.39, 0.29) is 0 Å². The van der Waals surface area contributed by atoms with Gasteiger partial charge in [0.15, 0.2) is 0 Å². The average Bonchev–Trinajstić information content (AvgIpc) is 2.28. The molecule has 94 valence electrons. The van der Waals surface area contributed by atoms with Crippen LogP contribution in [0.1, 0.15) is 49.3 Å². The van der Waals surface area contributed by atoms with Crippen molar-refractivity contribution < 1.29 is 0 Å². The predicted octanol–water partition coefficient (Wildman–Crippen LogP) is 3.97. The molecule has 0 aromatic heterocycles. The van der Waals surface area contributed by atoms with Gasteiger partial charge in [-0.05, 0) is 42.7 Å². The predicted molar refractivity (Wildman–Crippen MR) is 77.8 cm³/mol. The Balaban J connectivity index is 2.03. The molecular weight excluding hydrogens is 226 g/mol. The fourth-order valence-electron chi connectivity index (χ4n) is 2.43. The van der Waals surface area contributed by atoms with Crippen molar-refractivity contribution in [3.8, 4) is 0 Å². The lowest BCUT2D eigenvalue weighted by atomic mass is 9.80. The number of nitrogens with one attached hydrogen (secondary N) is 1. The maximum atomic E-state index is 3.56. The van der Waals surface area contributed by atoms with E-state index in [1.807, 2.05) is 11.8 Å². The van der Waals surface area contributed by atoms with E-state index in [2.05, 4.69) is 42.8 Å². The standard InChI is InChI=1S/C15H23NS/c1-3-16-15(11-17-2)14-9-7-13(8-10-14)12-5-4-6-12/h7-10,12,15-16H,3-6,11H2,1-2H3. The lowest BCUT2D eigenvalue weighted by Gasteiger charge is -2.26. The van der Waals surface area contributed by atoms with Crippen LogP contribution < -0.4 is 5.32 Å². The zero-order valence-corrected chi connectivity index (χ0v) is 11.7. The highest BCUT2D eigenvalue weighted by molar-refractivity contribution is 7.98. The molecule has 0 radical (unpaired) electrons. The first-order valence-electron chi connectivity index (χ1n) is 6.67. The minimum absolute atomic E-state index is 0.505. The van der Waals surface area contributed by atoms with Gasteiger partial charge in [-0.3, -0.25) is 0 Å². The van der Waals surface area contributed by atoms with Gasteiger partial charge in [0.2, 0.25) is 0 Å². The summed E-state index contributed by atoms with van der Waals surface area (Å²) in [6.07, 6.45) is 6.37. The van der Waals surface area contributed by atoms with Crippen molar-refractivity contribution >= 4 is 11.8 Å². The molecule has 1 nitrogen and oxygen atoms in total. The Hall–Kier alpha value is -0.470. The maximum Gasteiger partial charge on any atom is 0.0411 e. The lowest BCUT2D eigenvalue weighted by molar-refractivity contribution is 0.419. The van der Waals surface area contributed by atoms with Crippen LogP contribution in [0.5, 0.6) is 0 Å². The molecule has 2 heteroatoms. The Morgan fingerprint density at radius 2 is 2.00 bits per heavy atom. The Labute approximate surface area is 109 Å². The zero-order valence-electron chi connectivity index (χ0n) is 10.9. The second kappa shape index (κ2) is 6.46. The highest BCUT2D eigenvalue weighted by Crippen LogP contribution is 2.36. The number of hydrogen-bond acceptors (Lipinski definition) is 2. The van der Waals surface area contributed by atoms with Crippen LogP contribution in [0.3, 0.4) is 0 Å². The summed E-state index contributed by atoms with van der Waals surface area (Å²) in [4.78, 5) is 0. The highest BCUT2D eigenvalue weighted by atomic mass is 32.2. The van der Waals surface area contributed by atoms with Gasteiger partial charge in [-0.2, -0.15) is 11.8 Å². The lowest BCUT2D eigenvalue weighted by Crippen LogP contribution is -2.22. The minimum atomic E-state index is 0.505. The van der Waals surface area contributed by atoms with Crippen LogP contribution in [0.4, 0.5) is 0 Å². The van der Waals surface area contributed by atoms with Gasteiger partial charge in [0.05, 0.1) is 0 Å². The van der Waals surface area contributed by atoms with E-state index in [4.69, 9.17) is 0 Å². The zero-order chi connectivity index (χ0) is 12.1. The molecule has 0 aliphatic heterocycles. The third-order valence-corrected chi connectivity index (χ3v) is 4.37. The van der Waals surface area contributed by atoms with Crippen LogP contribution in [0, 0.1) is 0 Å². The van der Waals surface area contributed by atoms with Gasteiger partial charge in [-0.15, -0.1) is 0 Å². The quantitative estimate of drug-likeness (QED) is 0.819. The molecule has 1 unspecified atom stereocenters. The smallest absolute Gasteiger partial charge is 0.0411 e. The van der Waals surface area contributed by atoms with E-state index < -0.39 is 0 Å². The number of thioether (sulfide) groups is 1. The largest absolute Gasteiger partial charge is 0.310 e. The van der Waals surface area contributed by atoms with Crippen LogP contribution in [-0.4, -0.2) is 18.6 Å². The van der Waals surface area contributed by atoms with Crippen LogP contribution in [0.15, 0.2) is 24.3 Å². The molecule has 0 heterocycles. The third-order valence-electron chi connectivity index (χ3n) is 3.70. The average molecular weight is 249 g/mol. The minimum Gasteiger partial charge on any atom is -0.310 e. The molecule has 1 N–H and O–H groups in total. The fraction of sp³-hybridized carbons (Fsp3) is 0.600. The fourth-order valence-corrected chi connectivity index (χ4v) is 3.07. The number of hydrogen-bond donors (Lipinski definition) is 1. The van der Waals surface area contributed by atoms with Crippen molar-refractivity contribution in [2.75, 3.05) is 18.6 Å². The van der Waals surface area contributed by atoms with Crippen molar-refractivity contribution in [3.63, 3.8) is 0 Å². The van der Waals surface area contributed by atoms with Gasteiger partial charge >= 0.3 is 0 Å². The Bertz CT molecular complexity index is 323. The number of rotatable bonds is 6. The molecule has 1 aliphatic rings. The summed E-state index contributed by atoms with van der Waals surface area (Å²) in [5.41, 5.74) is 2.98. The van der Waals surface area contributed by atoms with E-state index in [1.54, 1.807) is 5.56 Å². The van der Waals surface area contributed by atoms with Crippen LogP contribution >= 0.6 is 11.8 Å². The van der Waals surface area contributed by atoms with E-state index in [9.17, 15) is 0 Å². The van der Waals surface area contributed by atoms with Gasteiger partial charge in [-0.1, -0.05) is 37.6 Å². The summed E-state index contributed by atoms with van der Waals surface area (Å²) >= 11 is 1.91. The van der Waals surface area contributed by atoms with Crippen LogP contribution in [-0.2, 0) is 0 Å². The Kier molecular flexibility index (Phi) is 4.93.